The number of ether oxygens (including phenoxy) is 1. The number of para-hydroxylation sites is 1. The fourth-order valence-electron chi connectivity index (χ4n) is 3.49. The van der Waals surface area contributed by atoms with Crippen molar-refractivity contribution in [3.05, 3.63) is 90.5 Å². The van der Waals surface area contributed by atoms with E-state index in [9.17, 15) is 4.79 Å². The quantitative estimate of drug-likeness (QED) is 0.374. The van der Waals surface area contributed by atoms with Crippen LogP contribution in [0.5, 0.6) is 5.75 Å². The van der Waals surface area contributed by atoms with E-state index in [0.29, 0.717) is 18.8 Å². The summed E-state index contributed by atoms with van der Waals surface area (Å²) in [6, 6.07) is 28.2. The highest BCUT2D eigenvalue weighted by Crippen LogP contribution is 2.33. The number of benzene rings is 3. The zero-order valence-corrected chi connectivity index (χ0v) is 17.4. The van der Waals surface area contributed by atoms with Crippen LogP contribution in [0, 0.1) is 6.92 Å². The maximum absolute atomic E-state index is 10.8. The molecule has 0 aliphatic carbocycles. The number of hydrogen-bond donors (Lipinski definition) is 1. The Hall–Kier alpha value is -3.86. The average molecular weight is 412 g/mol. The van der Waals surface area contributed by atoms with Gasteiger partial charge in [0.05, 0.1) is 23.7 Å². The number of aromatic nitrogens is 2. The largest absolute Gasteiger partial charge is 0.493 e. The van der Waals surface area contributed by atoms with E-state index in [4.69, 9.17) is 14.9 Å². The van der Waals surface area contributed by atoms with Crippen molar-refractivity contribution in [3.63, 3.8) is 0 Å². The molecule has 1 N–H and O–H groups in total. The highest BCUT2D eigenvalue weighted by Gasteiger charge is 2.16. The number of hydrogen-bond acceptors (Lipinski definition) is 3. The molecule has 156 valence electrons. The minimum Gasteiger partial charge on any atom is -0.493 e. The van der Waals surface area contributed by atoms with Crippen LogP contribution in [0.1, 0.15) is 18.4 Å². The van der Waals surface area contributed by atoms with Gasteiger partial charge in [-0.05, 0) is 49.2 Å². The van der Waals surface area contributed by atoms with Crippen LogP contribution in [-0.2, 0) is 4.79 Å². The second-order valence-corrected chi connectivity index (χ2v) is 7.37. The monoisotopic (exact) mass is 412 g/mol. The standard InChI is InChI=1S/C26H24N2O3/c1-19-9-7-12-21(17-19)28-24(20-10-3-2-4-11-20)18-23(27-28)22-13-5-6-14-25(22)31-16-8-15-26(29)30/h2-7,9-14,17-18H,8,15-16H2,1H3,(H,29,30). The Kier molecular flexibility index (Phi) is 6.13. The van der Waals surface area contributed by atoms with Crippen molar-refractivity contribution in [1.29, 1.82) is 0 Å². The Bertz CT molecular complexity index is 1180. The molecule has 0 radical (unpaired) electrons. The van der Waals surface area contributed by atoms with Gasteiger partial charge < -0.3 is 9.84 Å². The summed E-state index contributed by atoms with van der Waals surface area (Å²) in [5.41, 5.74) is 5.89. The molecule has 0 spiro atoms. The summed E-state index contributed by atoms with van der Waals surface area (Å²) in [5.74, 6) is -0.123. The van der Waals surface area contributed by atoms with Gasteiger partial charge in [0.2, 0.25) is 0 Å². The minimum atomic E-state index is -0.818. The van der Waals surface area contributed by atoms with Gasteiger partial charge in [-0.15, -0.1) is 0 Å². The van der Waals surface area contributed by atoms with Crippen LogP contribution in [0.3, 0.4) is 0 Å². The molecular formula is C26H24N2O3. The molecule has 5 heteroatoms. The Labute approximate surface area is 181 Å². The van der Waals surface area contributed by atoms with Gasteiger partial charge in [-0.3, -0.25) is 4.79 Å². The maximum Gasteiger partial charge on any atom is 0.303 e. The molecule has 5 nitrogen and oxygen atoms in total. The molecule has 1 aromatic heterocycles. The van der Waals surface area contributed by atoms with E-state index in [1.165, 1.54) is 0 Å². The topological polar surface area (TPSA) is 64.4 Å². The van der Waals surface area contributed by atoms with Crippen molar-refractivity contribution in [1.82, 2.24) is 9.78 Å². The van der Waals surface area contributed by atoms with Gasteiger partial charge in [0.1, 0.15) is 5.75 Å². The summed E-state index contributed by atoms with van der Waals surface area (Å²) < 4.78 is 7.87. The second kappa shape index (κ2) is 9.30. The zero-order chi connectivity index (χ0) is 21.6. The lowest BCUT2D eigenvalue weighted by Gasteiger charge is -2.10. The molecule has 0 saturated heterocycles. The van der Waals surface area contributed by atoms with Gasteiger partial charge in [0.15, 0.2) is 0 Å². The van der Waals surface area contributed by atoms with Crippen LogP contribution >= 0.6 is 0 Å². The lowest BCUT2D eigenvalue weighted by molar-refractivity contribution is -0.137. The number of rotatable bonds is 8. The van der Waals surface area contributed by atoms with Gasteiger partial charge in [-0.1, -0.05) is 54.6 Å². The van der Waals surface area contributed by atoms with Crippen LogP contribution in [0.2, 0.25) is 0 Å². The smallest absolute Gasteiger partial charge is 0.303 e. The number of carboxylic acids is 1. The fourth-order valence-corrected chi connectivity index (χ4v) is 3.49. The number of carbonyl (C=O) groups is 1. The molecule has 0 saturated carbocycles. The van der Waals surface area contributed by atoms with E-state index in [2.05, 4.69) is 37.3 Å². The first-order valence-electron chi connectivity index (χ1n) is 10.3. The van der Waals surface area contributed by atoms with Crippen LogP contribution < -0.4 is 4.74 Å². The van der Waals surface area contributed by atoms with Crippen molar-refractivity contribution in [2.45, 2.75) is 19.8 Å². The van der Waals surface area contributed by atoms with Gasteiger partial charge in [-0.25, -0.2) is 4.68 Å². The normalized spacial score (nSPS) is 10.7. The van der Waals surface area contributed by atoms with E-state index in [-0.39, 0.29) is 6.42 Å². The third kappa shape index (κ3) is 4.83. The summed E-state index contributed by atoms with van der Waals surface area (Å²) in [6.07, 6.45) is 0.541. The summed E-state index contributed by atoms with van der Waals surface area (Å²) in [6.45, 7) is 2.41. The summed E-state index contributed by atoms with van der Waals surface area (Å²) in [4.78, 5) is 10.8. The van der Waals surface area contributed by atoms with Crippen molar-refractivity contribution < 1.29 is 14.6 Å². The molecule has 1 heterocycles. The van der Waals surface area contributed by atoms with Crippen molar-refractivity contribution in [3.8, 4) is 34.0 Å². The van der Waals surface area contributed by atoms with Gasteiger partial charge in [0, 0.05) is 17.5 Å². The lowest BCUT2D eigenvalue weighted by atomic mass is 10.1. The van der Waals surface area contributed by atoms with E-state index in [0.717, 1.165) is 33.8 Å². The first kappa shape index (κ1) is 20.4. The number of aliphatic carboxylic acids is 1. The highest BCUT2D eigenvalue weighted by molar-refractivity contribution is 5.74. The Morgan fingerprint density at radius 2 is 1.74 bits per heavy atom. The molecule has 0 aliphatic rings. The van der Waals surface area contributed by atoms with E-state index < -0.39 is 5.97 Å². The number of aryl methyl sites for hydroxylation is 1. The van der Waals surface area contributed by atoms with Crippen LogP contribution in [0.4, 0.5) is 0 Å². The Morgan fingerprint density at radius 3 is 2.52 bits per heavy atom. The van der Waals surface area contributed by atoms with Crippen molar-refractivity contribution in [2.24, 2.45) is 0 Å². The third-order valence-electron chi connectivity index (χ3n) is 4.98. The zero-order valence-electron chi connectivity index (χ0n) is 17.4. The van der Waals surface area contributed by atoms with Crippen LogP contribution in [-0.4, -0.2) is 27.5 Å². The van der Waals surface area contributed by atoms with E-state index >= 15 is 0 Å². The first-order valence-corrected chi connectivity index (χ1v) is 10.3. The molecule has 0 amide bonds. The Morgan fingerprint density at radius 1 is 0.968 bits per heavy atom. The number of carboxylic acid groups (broad SMARTS) is 1. The van der Waals surface area contributed by atoms with E-state index in [1.54, 1.807) is 0 Å². The van der Waals surface area contributed by atoms with Gasteiger partial charge in [-0.2, -0.15) is 5.10 Å². The van der Waals surface area contributed by atoms with Gasteiger partial charge >= 0.3 is 5.97 Å². The van der Waals surface area contributed by atoms with E-state index in [1.807, 2.05) is 59.3 Å². The molecule has 0 aliphatic heterocycles. The maximum atomic E-state index is 10.8. The predicted molar refractivity (Wildman–Crippen MR) is 122 cm³/mol. The molecule has 0 atom stereocenters. The molecule has 4 rings (SSSR count). The lowest BCUT2D eigenvalue weighted by Crippen LogP contribution is -2.03. The first-order chi connectivity index (χ1) is 15.1. The van der Waals surface area contributed by atoms with Crippen molar-refractivity contribution >= 4 is 5.97 Å². The molecule has 0 fully saturated rings. The van der Waals surface area contributed by atoms with Crippen LogP contribution in [0.15, 0.2) is 84.9 Å². The molecule has 4 aromatic rings. The van der Waals surface area contributed by atoms with Crippen LogP contribution in [0.25, 0.3) is 28.2 Å². The third-order valence-corrected chi connectivity index (χ3v) is 4.98. The Balaban J connectivity index is 1.74. The summed E-state index contributed by atoms with van der Waals surface area (Å²) in [7, 11) is 0. The fraction of sp³-hybridized carbons (Fsp3) is 0.154. The summed E-state index contributed by atoms with van der Waals surface area (Å²) in [5, 5.41) is 13.8. The minimum absolute atomic E-state index is 0.0856. The second-order valence-electron chi connectivity index (χ2n) is 7.37. The number of nitrogens with zero attached hydrogens (tertiary/aromatic N) is 2. The SMILES string of the molecule is Cc1cccc(-n2nc(-c3ccccc3OCCCC(=O)O)cc2-c2ccccc2)c1. The van der Waals surface area contributed by atoms with Gasteiger partial charge in [0.25, 0.3) is 0 Å². The molecule has 3 aromatic carbocycles. The predicted octanol–water partition coefficient (Wildman–Crippen LogP) is 5.76. The summed E-state index contributed by atoms with van der Waals surface area (Å²) >= 11 is 0. The molecule has 31 heavy (non-hydrogen) atoms. The molecule has 0 bridgehead atoms. The molecule has 0 unspecified atom stereocenters. The molecular weight excluding hydrogens is 388 g/mol. The average Bonchev–Trinajstić information content (AvgIpc) is 3.23. The van der Waals surface area contributed by atoms with Crippen molar-refractivity contribution in [2.75, 3.05) is 6.61 Å². The highest BCUT2D eigenvalue weighted by atomic mass is 16.5.